The first-order valence-electron chi connectivity index (χ1n) is 4.85. The smallest absolute Gasteiger partial charge is 0.404 e. The molecule has 1 atom stereocenters. The van der Waals surface area contributed by atoms with Gasteiger partial charge in [0.2, 0.25) is 0 Å². The molecule has 0 spiro atoms. The second-order valence-corrected chi connectivity index (χ2v) is 5.63. The minimum Gasteiger partial charge on any atom is -0.507 e. The average Bonchev–Trinajstić information content (AvgIpc) is 2.23. The van der Waals surface area contributed by atoms with Gasteiger partial charge in [-0.3, -0.25) is 0 Å². The van der Waals surface area contributed by atoms with Crippen molar-refractivity contribution in [3.63, 3.8) is 0 Å². The third-order valence-corrected chi connectivity index (χ3v) is 3.29. The first-order chi connectivity index (χ1) is 8.21. The van der Waals surface area contributed by atoms with Crippen LogP contribution in [0.5, 0.6) is 5.75 Å². The number of primary amides is 1. The molecular weight excluding hydrogens is 262 g/mol. The summed E-state index contributed by atoms with van der Waals surface area (Å²) < 4.78 is 26.9. The van der Waals surface area contributed by atoms with E-state index in [2.05, 4.69) is 4.74 Å². The summed E-state index contributed by atoms with van der Waals surface area (Å²) in [4.78, 5) is 10.1. The van der Waals surface area contributed by atoms with Crippen LogP contribution in [0.25, 0.3) is 0 Å². The van der Waals surface area contributed by atoms with Crippen LogP contribution in [0.4, 0.5) is 4.79 Å². The predicted molar refractivity (Wildman–Crippen MR) is 61.7 cm³/mol. The lowest BCUT2D eigenvalue weighted by molar-refractivity contribution is 0.0727. The van der Waals surface area contributed by atoms with Gasteiger partial charge in [0.25, 0.3) is 0 Å². The molecule has 1 aromatic carbocycles. The maximum absolute atomic E-state index is 11.2. The fourth-order valence-electron chi connectivity index (χ4n) is 1.31. The van der Waals surface area contributed by atoms with Gasteiger partial charge in [-0.25, -0.2) is 13.2 Å². The lowest BCUT2D eigenvalue weighted by Crippen LogP contribution is -2.17. The molecule has 0 aliphatic heterocycles. The van der Waals surface area contributed by atoms with Crippen LogP contribution in [0.2, 0.25) is 0 Å². The summed E-state index contributed by atoms with van der Waals surface area (Å²) in [5, 5.41) is 19.1. The van der Waals surface area contributed by atoms with Crippen molar-refractivity contribution in [2.24, 2.45) is 5.73 Å². The molecule has 1 rings (SSSR count). The number of phenols is 1. The number of ether oxygens (including phenoxy) is 1. The minimum atomic E-state index is -3.54. The average molecular weight is 275 g/mol. The molecule has 0 aliphatic carbocycles. The lowest BCUT2D eigenvalue weighted by atomic mass is 10.1. The summed E-state index contributed by atoms with van der Waals surface area (Å²) in [6, 6.07) is 3.56. The van der Waals surface area contributed by atoms with E-state index in [4.69, 9.17) is 5.73 Å². The van der Waals surface area contributed by atoms with Crippen LogP contribution >= 0.6 is 0 Å². The molecule has 0 aliphatic rings. The summed E-state index contributed by atoms with van der Waals surface area (Å²) in [5.41, 5.74) is 4.94. The molecule has 8 heteroatoms. The SMILES string of the molecule is CS(=O)(=O)c1ccc(C(O)COC(N)=O)cc1O. The maximum atomic E-state index is 11.2. The molecule has 0 saturated carbocycles. The van der Waals surface area contributed by atoms with Gasteiger partial charge in [-0.2, -0.15) is 0 Å². The molecule has 7 nitrogen and oxygen atoms in total. The highest BCUT2D eigenvalue weighted by Gasteiger charge is 2.16. The summed E-state index contributed by atoms with van der Waals surface area (Å²) in [6.45, 7) is -0.382. The van der Waals surface area contributed by atoms with Crippen LogP contribution in [0.1, 0.15) is 11.7 Å². The van der Waals surface area contributed by atoms with Crippen molar-refractivity contribution in [1.29, 1.82) is 0 Å². The standard InChI is InChI=1S/C10H13NO6S/c1-18(15,16)9-3-2-6(4-7(9)12)8(13)5-17-10(11)14/h2-4,8,12-13H,5H2,1H3,(H2,11,14). The molecule has 4 N–H and O–H groups in total. The molecular formula is C10H13NO6S. The zero-order valence-corrected chi connectivity index (χ0v) is 10.3. The Balaban J connectivity index is 2.94. The molecule has 1 amide bonds. The maximum Gasteiger partial charge on any atom is 0.404 e. The monoisotopic (exact) mass is 275 g/mol. The number of amides is 1. The van der Waals surface area contributed by atoms with Crippen molar-refractivity contribution in [2.45, 2.75) is 11.0 Å². The Morgan fingerprint density at radius 1 is 1.50 bits per heavy atom. The van der Waals surface area contributed by atoms with E-state index in [1.54, 1.807) is 0 Å². The van der Waals surface area contributed by atoms with Gasteiger partial charge in [-0.15, -0.1) is 0 Å². The molecule has 0 saturated heterocycles. The van der Waals surface area contributed by atoms with E-state index in [-0.39, 0.29) is 17.1 Å². The molecule has 1 unspecified atom stereocenters. The first kappa shape index (κ1) is 14.3. The van der Waals surface area contributed by atoms with E-state index < -0.39 is 27.8 Å². The van der Waals surface area contributed by atoms with E-state index in [1.165, 1.54) is 6.07 Å². The second kappa shape index (κ2) is 5.23. The van der Waals surface area contributed by atoms with Crippen molar-refractivity contribution in [1.82, 2.24) is 0 Å². The Hall–Kier alpha value is -1.80. The van der Waals surface area contributed by atoms with Gasteiger partial charge in [0, 0.05) is 6.26 Å². The van der Waals surface area contributed by atoms with E-state index in [9.17, 15) is 23.4 Å². The van der Waals surface area contributed by atoms with Crippen LogP contribution in [0.15, 0.2) is 23.1 Å². The summed E-state index contributed by atoms with van der Waals surface area (Å²) in [6.07, 6.45) is -1.28. The number of phenolic OH excluding ortho intramolecular Hbond substituents is 1. The third-order valence-electron chi connectivity index (χ3n) is 2.15. The van der Waals surface area contributed by atoms with Gasteiger partial charge in [0.1, 0.15) is 23.4 Å². The van der Waals surface area contributed by atoms with E-state index in [1.807, 2.05) is 0 Å². The second-order valence-electron chi connectivity index (χ2n) is 3.65. The van der Waals surface area contributed by atoms with Crippen LogP contribution in [-0.2, 0) is 14.6 Å². The largest absolute Gasteiger partial charge is 0.507 e. The molecule has 0 heterocycles. The molecule has 0 bridgehead atoms. The van der Waals surface area contributed by atoms with Gasteiger partial charge >= 0.3 is 6.09 Å². The number of rotatable bonds is 4. The number of hydrogen-bond donors (Lipinski definition) is 3. The highest BCUT2D eigenvalue weighted by Crippen LogP contribution is 2.26. The van der Waals surface area contributed by atoms with E-state index >= 15 is 0 Å². The number of aliphatic hydroxyl groups is 1. The van der Waals surface area contributed by atoms with Crippen LogP contribution in [0, 0.1) is 0 Å². The molecule has 18 heavy (non-hydrogen) atoms. The van der Waals surface area contributed by atoms with Gasteiger partial charge in [-0.1, -0.05) is 6.07 Å². The number of carbonyl (C=O) groups excluding carboxylic acids is 1. The van der Waals surface area contributed by atoms with Crippen molar-refractivity contribution < 1.29 is 28.2 Å². The molecule has 0 radical (unpaired) electrons. The molecule has 0 fully saturated rings. The summed E-state index contributed by atoms with van der Waals surface area (Å²) >= 11 is 0. The van der Waals surface area contributed by atoms with Crippen molar-refractivity contribution >= 4 is 15.9 Å². The van der Waals surface area contributed by atoms with Gasteiger partial charge in [0.05, 0.1) is 0 Å². The number of benzene rings is 1. The van der Waals surface area contributed by atoms with Gasteiger partial charge in [-0.05, 0) is 17.7 Å². The highest BCUT2D eigenvalue weighted by molar-refractivity contribution is 7.90. The van der Waals surface area contributed by atoms with Gasteiger partial charge < -0.3 is 20.7 Å². The topological polar surface area (TPSA) is 127 Å². The van der Waals surface area contributed by atoms with Crippen molar-refractivity contribution in [2.75, 3.05) is 12.9 Å². The minimum absolute atomic E-state index is 0.209. The summed E-state index contributed by atoms with van der Waals surface area (Å²) in [7, 11) is -3.54. The summed E-state index contributed by atoms with van der Waals surface area (Å²) in [5.74, 6) is -0.479. The number of aromatic hydroxyl groups is 1. The number of aliphatic hydroxyl groups excluding tert-OH is 1. The highest BCUT2D eigenvalue weighted by atomic mass is 32.2. The Morgan fingerprint density at radius 3 is 2.56 bits per heavy atom. The zero-order valence-electron chi connectivity index (χ0n) is 9.53. The van der Waals surface area contributed by atoms with Crippen molar-refractivity contribution in [3.05, 3.63) is 23.8 Å². The van der Waals surface area contributed by atoms with Crippen molar-refractivity contribution in [3.8, 4) is 5.75 Å². The predicted octanol–water partition coefficient (Wildman–Crippen LogP) is -0.0756. The Bertz CT molecular complexity index is 553. The van der Waals surface area contributed by atoms with Gasteiger partial charge in [0.15, 0.2) is 9.84 Å². The van der Waals surface area contributed by atoms with Crippen LogP contribution in [-0.4, -0.2) is 37.6 Å². The number of hydrogen-bond acceptors (Lipinski definition) is 6. The fourth-order valence-corrected chi connectivity index (χ4v) is 2.07. The first-order valence-corrected chi connectivity index (χ1v) is 6.74. The zero-order chi connectivity index (χ0) is 13.9. The Labute approximate surface area is 104 Å². The molecule has 0 aromatic heterocycles. The van der Waals surface area contributed by atoms with E-state index in [0.717, 1.165) is 18.4 Å². The quantitative estimate of drug-likeness (QED) is 0.705. The lowest BCUT2D eigenvalue weighted by Gasteiger charge is -2.12. The molecule has 100 valence electrons. The third kappa shape index (κ3) is 3.60. The van der Waals surface area contributed by atoms with Crippen LogP contribution < -0.4 is 5.73 Å². The number of carbonyl (C=O) groups is 1. The van der Waals surface area contributed by atoms with Crippen LogP contribution in [0.3, 0.4) is 0 Å². The fraction of sp³-hybridized carbons (Fsp3) is 0.300. The normalized spacial score (nSPS) is 13.0. The number of nitrogens with two attached hydrogens (primary N) is 1. The Morgan fingerprint density at radius 2 is 2.11 bits per heavy atom. The molecule has 1 aromatic rings. The number of sulfone groups is 1. The van der Waals surface area contributed by atoms with E-state index in [0.29, 0.717) is 0 Å². The Kier molecular flexibility index (Phi) is 4.15.